The van der Waals surface area contributed by atoms with E-state index in [-0.39, 0.29) is 17.6 Å². The average Bonchev–Trinajstić information content (AvgIpc) is 2.74. The Morgan fingerprint density at radius 3 is 2.56 bits per heavy atom. The number of phenolic OH excluding ortho intramolecular Hbond substituents is 2. The van der Waals surface area contributed by atoms with E-state index in [1.54, 1.807) is 18.2 Å². The molecule has 0 saturated heterocycles. The van der Waals surface area contributed by atoms with Gasteiger partial charge in [0.15, 0.2) is 0 Å². The molecule has 2 N–H and O–H groups in total. The van der Waals surface area contributed by atoms with Gasteiger partial charge in [0.2, 0.25) is 0 Å². The van der Waals surface area contributed by atoms with Gasteiger partial charge >= 0.3 is 0 Å². The first-order chi connectivity index (χ1) is 8.65. The Hall–Kier alpha value is -1.71. The molecule has 0 bridgehead atoms. The van der Waals surface area contributed by atoms with Gasteiger partial charge in [0.1, 0.15) is 17.6 Å². The maximum atomic E-state index is 9.93. The molecule has 0 spiro atoms. The summed E-state index contributed by atoms with van der Waals surface area (Å²) >= 11 is 5.85. The number of aromatic hydroxyl groups is 2. The highest BCUT2D eigenvalue weighted by Crippen LogP contribution is 2.42. The number of rotatable bonds is 1. The number of hydrogen-bond acceptors (Lipinski definition) is 3. The molecule has 0 radical (unpaired) electrons. The molecule has 1 unspecified atom stereocenters. The lowest BCUT2D eigenvalue weighted by Gasteiger charge is -2.13. The second kappa shape index (κ2) is 4.19. The van der Waals surface area contributed by atoms with Crippen molar-refractivity contribution in [2.24, 2.45) is 0 Å². The van der Waals surface area contributed by atoms with Crippen LogP contribution in [0.5, 0.6) is 11.5 Å². The summed E-state index contributed by atoms with van der Waals surface area (Å²) < 4.78 is 5.67. The van der Waals surface area contributed by atoms with Crippen molar-refractivity contribution in [1.82, 2.24) is 0 Å². The minimum absolute atomic E-state index is 0.0478. The highest BCUT2D eigenvalue weighted by molar-refractivity contribution is 6.30. The Balaban J connectivity index is 2.07. The van der Waals surface area contributed by atoms with E-state index in [0.717, 1.165) is 16.7 Å². The predicted molar refractivity (Wildman–Crippen MR) is 67.9 cm³/mol. The first-order valence-corrected chi connectivity index (χ1v) is 5.95. The fraction of sp³-hybridized carbons (Fsp3) is 0.143. The zero-order chi connectivity index (χ0) is 12.7. The van der Waals surface area contributed by atoms with Crippen molar-refractivity contribution in [2.75, 3.05) is 0 Å². The fourth-order valence-corrected chi connectivity index (χ4v) is 2.39. The van der Waals surface area contributed by atoms with E-state index >= 15 is 0 Å². The van der Waals surface area contributed by atoms with Crippen molar-refractivity contribution < 1.29 is 14.9 Å². The van der Waals surface area contributed by atoms with E-state index in [2.05, 4.69) is 0 Å². The molecule has 3 nitrogen and oxygen atoms in total. The third-order valence-corrected chi connectivity index (χ3v) is 3.32. The maximum Gasteiger partial charge on any atom is 0.125 e. The van der Waals surface area contributed by atoms with Crippen LogP contribution in [0.1, 0.15) is 22.8 Å². The fourth-order valence-electron chi connectivity index (χ4n) is 2.26. The van der Waals surface area contributed by atoms with Gasteiger partial charge in [0, 0.05) is 16.7 Å². The summed E-state index contributed by atoms with van der Waals surface area (Å²) in [7, 11) is 0. The van der Waals surface area contributed by atoms with Crippen LogP contribution in [-0.2, 0) is 11.3 Å². The molecule has 0 amide bonds. The van der Waals surface area contributed by atoms with Gasteiger partial charge in [-0.1, -0.05) is 23.7 Å². The molecule has 1 aliphatic rings. The van der Waals surface area contributed by atoms with Crippen LogP contribution < -0.4 is 0 Å². The molecule has 2 aromatic carbocycles. The zero-order valence-corrected chi connectivity index (χ0v) is 10.2. The lowest BCUT2D eigenvalue weighted by atomic mass is 9.98. The summed E-state index contributed by atoms with van der Waals surface area (Å²) in [6.07, 6.45) is -0.308. The van der Waals surface area contributed by atoms with Crippen LogP contribution in [0.2, 0.25) is 5.02 Å². The van der Waals surface area contributed by atoms with Crippen LogP contribution in [0.25, 0.3) is 0 Å². The molecule has 4 heteroatoms. The van der Waals surface area contributed by atoms with Crippen molar-refractivity contribution in [3.63, 3.8) is 0 Å². The van der Waals surface area contributed by atoms with Gasteiger partial charge in [-0.15, -0.1) is 0 Å². The van der Waals surface area contributed by atoms with Gasteiger partial charge in [0.05, 0.1) is 6.61 Å². The molecule has 0 saturated carbocycles. The molecule has 0 aliphatic carbocycles. The number of ether oxygens (including phenoxy) is 1. The van der Waals surface area contributed by atoms with Gasteiger partial charge in [0.25, 0.3) is 0 Å². The minimum Gasteiger partial charge on any atom is -0.508 e. The van der Waals surface area contributed by atoms with E-state index in [0.29, 0.717) is 11.6 Å². The third-order valence-electron chi connectivity index (χ3n) is 3.07. The Kier molecular flexibility index (Phi) is 2.65. The molecule has 0 aromatic heterocycles. The monoisotopic (exact) mass is 262 g/mol. The molecule has 92 valence electrons. The molecule has 2 aromatic rings. The summed E-state index contributed by atoms with van der Waals surface area (Å²) in [6.45, 7) is 0.380. The third kappa shape index (κ3) is 1.82. The van der Waals surface area contributed by atoms with E-state index in [9.17, 15) is 10.2 Å². The van der Waals surface area contributed by atoms with Gasteiger partial charge in [-0.05, 0) is 29.3 Å². The summed E-state index contributed by atoms with van der Waals surface area (Å²) in [4.78, 5) is 0. The lowest BCUT2D eigenvalue weighted by molar-refractivity contribution is 0.0929. The van der Waals surface area contributed by atoms with E-state index in [1.807, 2.05) is 12.1 Å². The molecule has 1 atom stereocenters. The Bertz CT molecular complexity index is 593. The van der Waals surface area contributed by atoms with Crippen molar-refractivity contribution in [1.29, 1.82) is 0 Å². The second-order valence-electron chi connectivity index (χ2n) is 4.28. The zero-order valence-electron chi connectivity index (χ0n) is 9.43. The normalized spacial score (nSPS) is 17.7. The number of benzene rings is 2. The van der Waals surface area contributed by atoms with Gasteiger partial charge < -0.3 is 14.9 Å². The average molecular weight is 263 g/mol. The number of hydrogen-bond donors (Lipinski definition) is 2. The van der Waals surface area contributed by atoms with E-state index < -0.39 is 0 Å². The van der Waals surface area contributed by atoms with Gasteiger partial charge in [-0.3, -0.25) is 0 Å². The van der Waals surface area contributed by atoms with Crippen LogP contribution in [-0.4, -0.2) is 10.2 Å². The molecular weight excluding hydrogens is 252 g/mol. The Labute approximate surface area is 109 Å². The van der Waals surface area contributed by atoms with E-state index in [4.69, 9.17) is 16.3 Å². The van der Waals surface area contributed by atoms with Crippen molar-refractivity contribution in [3.8, 4) is 11.5 Å². The van der Waals surface area contributed by atoms with E-state index in [1.165, 1.54) is 6.07 Å². The van der Waals surface area contributed by atoms with Crippen molar-refractivity contribution in [3.05, 3.63) is 58.1 Å². The molecular formula is C14H11ClO3. The Morgan fingerprint density at radius 1 is 1.11 bits per heavy atom. The van der Waals surface area contributed by atoms with Gasteiger partial charge in [-0.2, -0.15) is 0 Å². The lowest BCUT2D eigenvalue weighted by Crippen LogP contribution is -1.98. The molecule has 1 heterocycles. The van der Waals surface area contributed by atoms with Gasteiger partial charge in [-0.25, -0.2) is 0 Å². The standard InChI is InChI=1S/C14H11ClO3/c15-10-3-1-8(2-4-10)14-13-9(7-18-14)5-11(16)6-12(13)17/h1-6,14,16-17H,7H2. The highest BCUT2D eigenvalue weighted by atomic mass is 35.5. The van der Waals surface area contributed by atoms with Crippen molar-refractivity contribution >= 4 is 11.6 Å². The largest absolute Gasteiger partial charge is 0.508 e. The molecule has 18 heavy (non-hydrogen) atoms. The predicted octanol–water partition coefficient (Wildman–Crippen LogP) is 3.37. The quantitative estimate of drug-likeness (QED) is 0.828. The maximum absolute atomic E-state index is 9.93. The van der Waals surface area contributed by atoms with Crippen LogP contribution in [0.3, 0.4) is 0 Å². The summed E-state index contributed by atoms with van der Waals surface area (Å²) in [5.41, 5.74) is 2.46. The summed E-state index contributed by atoms with van der Waals surface area (Å²) in [5, 5.41) is 20.0. The number of fused-ring (bicyclic) bond motifs is 1. The van der Waals surface area contributed by atoms with Crippen LogP contribution in [0, 0.1) is 0 Å². The van der Waals surface area contributed by atoms with Crippen LogP contribution in [0.15, 0.2) is 36.4 Å². The number of phenols is 2. The smallest absolute Gasteiger partial charge is 0.125 e. The topological polar surface area (TPSA) is 49.7 Å². The molecule has 0 fully saturated rings. The first-order valence-electron chi connectivity index (χ1n) is 5.57. The number of halogens is 1. The highest BCUT2D eigenvalue weighted by Gasteiger charge is 2.28. The Morgan fingerprint density at radius 2 is 1.83 bits per heavy atom. The van der Waals surface area contributed by atoms with Crippen LogP contribution in [0.4, 0.5) is 0 Å². The summed E-state index contributed by atoms with van der Waals surface area (Å²) in [6, 6.07) is 10.3. The molecule has 3 rings (SSSR count). The molecule has 1 aliphatic heterocycles. The SMILES string of the molecule is Oc1cc(O)c2c(c1)COC2c1ccc(Cl)cc1. The van der Waals surface area contributed by atoms with Crippen molar-refractivity contribution in [2.45, 2.75) is 12.7 Å². The minimum atomic E-state index is -0.308. The van der Waals surface area contributed by atoms with Crippen LogP contribution >= 0.6 is 11.6 Å². The summed E-state index contributed by atoms with van der Waals surface area (Å²) in [5.74, 6) is 0.106. The first kappa shape index (κ1) is 11.4. The second-order valence-corrected chi connectivity index (χ2v) is 4.72.